The molecule has 1 fully saturated rings. The maximum atomic E-state index is 5.85. The highest BCUT2D eigenvalue weighted by Crippen LogP contribution is 2.35. The van der Waals surface area contributed by atoms with E-state index in [0.29, 0.717) is 6.04 Å². The molecule has 3 unspecified atom stereocenters. The van der Waals surface area contributed by atoms with Gasteiger partial charge in [-0.2, -0.15) is 0 Å². The van der Waals surface area contributed by atoms with Crippen molar-refractivity contribution in [1.29, 1.82) is 0 Å². The summed E-state index contributed by atoms with van der Waals surface area (Å²) in [6, 6.07) is 9.29. The molecule has 19 heavy (non-hydrogen) atoms. The van der Waals surface area contributed by atoms with Crippen LogP contribution in [0.1, 0.15) is 50.2 Å². The Morgan fingerprint density at radius 3 is 2.53 bits per heavy atom. The fourth-order valence-corrected chi connectivity index (χ4v) is 3.58. The van der Waals surface area contributed by atoms with Crippen molar-refractivity contribution in [1.82, 2.24) is 5.43 Å². The van der Waals surface area contributed by atoms with Crippen molar-refractivity contribution in [3.8, 4) is 0 Å². The van der Waals surface area contributed by atoms with Crippen LogP contribution in [0.25, 0.3) is 0 Å². The van der Waals surface area contributed by atoms with Crippen LogP contribution in [0.15, 0.2) is 24.3 Å². The van der Waals surface area contributed by atoms with E-state index in [2.05, 4.69) is 43.5 Å². The molecule has 0 aliphatic heterocycles. The van der Waals surface area contributed by atoms with E-state index in [9.17, 15) is 0 Å². The normalized spacial score (nSPS) is 25.2. The standard InChI is InChI=1S/C17H28N2/c1-3-15-6-4-5-7-16(15)17(19-18)12-14-10-8-13(2)9-11-14/h8-11,15-17,19H,3-7,12,18H2,1-2H3. The number of nitrogens with one attached hydrogen (secondary N) is 1. The summed E-state index contributed by atoms with van der Waals surface area (Å²) in [6.07, 6.45) is 7.82. The predicted molar refractivity (Wildman–Crippen MR) is 81.7 cm³/mol. The summed E-state index contributed by atoms with van der Waals surface area (Å²) in [7, 11) is 0. The third-order valence-electron chi connectivity index (χ3n) is 4.80. The second-order valence-electron chi connectivity index (χ2n) is 6.08. The van der Waals surface area contributed by atoms with Gasteiger partial charge in [-0.15, -0.1) is 0 Å². The molecule has 0 spiro atoms. The average molecular weight is 260 g/mol. The Kier molecular flexibility index (Phi) is 5.41. The van der Waals surface area contributed by atoms with E-state index in [-0.39, 0.29) is 0 Å². The zero-order valence-electron chi connectivity index (χ0n) is 12.4. The minimum absolute atomic E-state index is 0.424. The highest BCUT2D eigenvalue weighted by Gasteiger charge is 2.30. The molecule has 0 amide bonds. The molecule has 3 atom stereocenters. The zero-order valence-corrected chi connectivity index (χ0v) is 12.4. The van der Waals surface area contributed by atoms with E-state index in [1.165, 1.54) is 43.2 Å². The van der Waals surface area contributed by atoms with Crippen LogP contribution in [0.5, 0.6) is 0 Å². The first kappa shape index (κ1) is 14.5. The molecule has 0 aromatic heterocycles. The van der Waals surface area contributed by atoms with E-state index in [1.807, 2.05) is 0 Å². The zero-order chi connectivity index (χ0) is 13.7. The third kappa shape index (κ3) is 3.80. The molecule has 2 heteroatoms. The van der Waals surface area contributed by atoms with Gasteiger partial charge in [0.15, 0.2) is 0 Å². The van der Waals surface area contributed by atoms with Crippen LogP contribution < -0.4 is 11.3 Å². The van der Waals surface area contributed by atoms with Crippen molar-refractivity contribution >= 4 is 0 Å². The first-order valence-corrected chi connectivity index (χ1v) is 7.76. The highest BCUT2D eigenvalue weighted by molar-refractivity contribution is 5.22. The minimum atomic E-state index is 0.424. The Labute approximate surface area is 117 Å². The molecule has 106 valence electrons. The van der Waals surface area contributed by atoms with Crippen LogP contribution in [-0.4, -0.2) is 6.04 Å². The monoisotopic (exact) mass is 260 g/mol. The summed E-state index contributed by atoms with van der Waals surface area (Å²) in [5.74, 6) is 7.44. The lowest BCUT2D eigenvalue weighted by Crippen LogP contribution is -2.46. The van der Waals surface area contributed by atoms with Crippen molar-refractivity contribution in [2.24, 2.45) is 17.7 Å². The molecular weight excluding hydrogens is 232 g/mol. The van der Waals surface area contributed by atoms with E-state index >= 15 is 0 Å². The Hall–Kier alpha value is -0.860. The molecule has 3 N–H and O–H groups in total. The van der Waals surface area contributed by atoms with Crippen molar-refractivity contribution in [3.63, 3.8) is 0 Å². The first-order valence-electron chi connectivity index (χ1n) is 7.76. The van der Waals surface area contributed by atoms with Crippen molar-refractivity contribution < 1.29 is 0 Å². The number of hydrazine groups is 1. The van der Waals surface area contributed by atoms with Gasteiger partial charge < -0.3 is 0 Å². The molecule has 2 nitrogen and oxygen atoms in total. The van der Waals surface area contributed by atoms with Gasteiger partial charge in [0.25, 0.3) is 0 Å². The SMILES string of the molecule is CCC1CCCCC1C(Cc1ccc(C)cc1)NN. The molecule has 0 bridgehead atoms. The topological polar surface area (TPSA) is 38.0 Å². The number of nitrogens with two attached hydrogens (primary N) is 1. The molecule has 1 aliphatic carbocycles. The van der Waals surface area contributed by atoms with Crippen LogP contribution in [0.2, 0.25) is 0 Å². The molecule has 1 aliphatic rings. The Bertz CT molecular complexity index is 371. The van der Waals surface area contributed by atoms with Crippen LogP contribution in [0, 0.1) is 18.8 Å². The number of hydrogen-bond donors (Lipinski definition) is 2. The van der Waals surface area contributed by atoms with Crippen molar-refractivity contribution in [2.75, 3.05) is 0 Å². The highest BCUT2D eigenvalue weighted by atomic mass is 15.2. The number of rotatable bonds is 5. The first-order chi connectivity index (χ1) is 9.24. The van der Waals surface area contributed by atoms with Crippen molar-refractivity contribution in [2.45, 2.75) is 58.4 Å². The third-order valence-corrected chi connectivity index (χ3v) is 4.80. The second kappa shape index (κ2) is 7.06. The van der Waals surface area contributed by atoms with Gasteiger partial charge in [0.2, 0.25) is 0 Å². The van der Waals surface area contributed by atoms with Gasteiger partial charge in [0.1, 0.15) is 0 Å². The van der Waals surface area contributed by atoms with Gasteiger partial charge in [-0.25, -0.2) is 0 Å². The van der Waals surface area contributed by atoms with E-state index < -0.39 is 0 Å². The summed E-state index contributed by atoms with van der Waals surface area (Å²) in [6.45, 7) is 4.46. The summed E-state index contributed by atoms with van der Waals surface area (Å²) in [5, 5.41) is 0. The number of hydrogen-bond acceptors (Lipinski definition) is 2. The lowest BCUT2D eigenvalue weighted by Gasteiger charge is -2.36. The molecule has 2 rings (SSSR count). The van der Waals surface area contributed by atoms with Gasteiger partial charge in [-0.1, -0.05) is 62.4 Å². The Morgan fingerprint density at radius 2 is 1.89 bits per heavy atom. The fourth-order valence-electron chi connectivity index (χ4n) is 3.58. The van der Waals surface area contributed by atoms with Gasteiger partial charge in [0, 0.05) is 6.04 Å². The lowest BCUT2D eigenvalue weighted by atomic mass is 9.73. The van der Waals surface area contributed by atoms with Crippen LogP contribution in [-0.2, 0) is 6.42 Å². The van der Waals surface area contributed by atoms with Gasteiger partial charge in [-0.05, 0) is 37.2 Å². The summed E-state index contributed by atoms with van der Waals surface area (Å²) >= 11 is 0. The van der Waals surface area contributed by atoms with E-state index in [4.69, 9.17) is 5.84 Å². The second-order valence-corrected chi connectivity index (χ2v) is 6.08. The van der Waals surface area contributed by atoms with Gasteiger partial charge >= 0.3 is 0 Å². The summed E-state index contributed by atoms with van der Waals surface area (Å²) < 4.78 is 0. The molecule has 0 radical (unpaired) electrons. The largest absolute Gasteiger partial charge is 0.271 e. The number of aryl methyl sites for hydroxylation is 1. The maximum Gasteiger partial charge on any atom is 0.0281 e. The molecule has 0 saturated heterocycles. The van der Waals surface area contributed by atoms with E-state index in [1.54, 1.807) is 0 Å². The van der Waals surface area contributed by atoms with Crippen LogP contribution in [0.3, 0.4) is 0 Å². The Morgan fingerprint density at radius 1 is 1.21 bits per heavy atom. The summed E-state index contributed by atoms with van der Waals surface area (Å²) in [4.78, 5) is 0. The summed E-state index contributed by atoms with van der Waals surface area (Å²) in [5.41, 5.74) is 5.82. The smallest absolute Gasteiger partial charge is 0.0281 e. The molecule has 1 aromatic carbocycles. The predicted octanol–water partition coefficient (Wildman–Crippen LogP) is 3.59. The number of benzene rings is 1. The van der Waals surface area contributed by atoms with Crippen molar-refractivity contribution in [3.05, 3.63) is 35.4 Å². The molecule has 1 aromatic rings. The van der Waals surface area contributed by atoms with Crippen LogP contribution >= 0.6 is 0 Å². The maximum absolute atomic E-state index is 5.85. The van der Waals surface area contributed by atoms with Gasteiger partial charge in [-0.3, -0.25) is 11.3 Å². The van der Waals surface area contributed by atoms with E-state index in [0.717, 1.165) is 18.3 Å². The van der Waals surface area contributed by atoms with Crippen LogP contribution in [0.4, 0.5) is 0 Å². The molecule has 0 heterocycles. The molecular formula is C17H28N2. The average Bonchev–Trinajstić information content (AvgIpc) is 2.46. The van der Waals surface area contributed by atoms with Gasteiger partial charge in [0.05, 0.1) is 0 Å². The minimum Gasteiger partial charge on any atom is -0.271 e. The fraction of sp³-hybridized carbons (Fsp3) is 0.647. The lowest BCUT2D eigenvalue weighted by molar-refractivity contribution is 0.174. The quantitative estimate of drug-likeness (QED) is 0.627. The Balaban J connectivity index is 2.04. The molecule has 1 saturated carbocycles.